The van der Waals surface area contributed by atoms with Crippen LogP contribution in [0.15, 0.2) is 22.9 Å². The molecule has 17 heavy (non-hydrogen) atoms. The Labute approximate surface area is 109 Å². The molecule has 0 saturated carbocycles. The Hall–Kier alpha value is -0.940. The number of halogens is 1. The fourth-order valence-corrected chi connectivity index (χ4v) is 2.35. The summed E-state index contributed by atoms with van der Waals surface area (Å²) in [5.41, 5.74) is 0.491. The lowest BCUT2D eigenvalue weighted by molar-refractivity contribution is -0.124. The minimum atomic E-state index is -0.257. The normalized spacial score (nSPS) is 23.6. The average Bonchev–Trinajstić information content (AvgIpc) is 2.82. The third-order valence-electron chi connectivity index (χ3n) is 3.39. The highest BCUT2D eigenvalue weighted by Gasteiger charge is 2.39. The minimum Gasteiger partial charge on any atom is -0.324 e. The van der Waals surface area contributed by atoms with Gasteiger partial charge in [-0.25, -0.2) is 4.98 Å². The molecule has 1 amide bonds. The molecule has 1 saturated heterocycles. The van der Waals surface area contributed by atoms with Crippen LogP contribution in [-0.2, 0) is 4.79 Å². The van der Waals surface area contributed by atoms with Crippen molar-refractivity contribution in [1.82, 2.24) is 10.3 Å². The molecule has 0 radical (unpaired) electrons. The van der Waals surface area contributed by atoms with Gasteiger partial charge in [0.15, 0.2) is 0 Å². The first-order chi connectivity index (χ1) is 8.16. The van der Waals surface area contributed by atoms with E-state index in [0.717, 1.165) is 36.2 Å². The number of carbonyl (C=O) groups is 1. The van der Waals surface area contributed by atoms with Crippen molar-refractivity contribution >= 4 is 27.5 Å². The molecule has 0 aromatic carbocycles. The van der Waals surface area contributed by atoms with Gasteiger partial charge in [-0.2, -0.15) is 0 Å². The monoisotopic (exact) mass is 297 g/mol. The van der Waals surface area contributed by atoms with Crippen LogP contribution in [0.4, 0.5) is 5.69 Å². The molecule has 5 heteroatoms. The molecule has 2 N–H and O–H groups in total. The third-order valence-corrected chi connectivity index (χ3v) is 3.86. The lowest BCUT2D eigenvalue weighted by atomic mass is 9.83. The van der Waals surface area contributed by atoms with Gasteiger partial charge in [0.25, 0.3) is 0 Å². The molecule has 1 aromatic heterocycles. The Morgan fingerprint density at radius 1 is 1.65 bits per heavy atom. The van der Waals surface area contributed by atoms with E-state index in [0.29, 0.717) is 0 Å². The number of amides is 1. The molecule has 2 heterocycles. The van der Waals surface area contributed by atoms with Gasteiger partial charge in [0.05, 0.1) is 17.3 Å². The fraction of sp³-hybridized carbons (Fsp3) is 0.500. The average molecular weight is 298 g/mol. The van der Waals surface area contributed by atoms with Gasteiger partial charge in [0.1, 0.15) is 4.60 Å². The van der Waals surface area contributed by atoms with Crippen LogP contribution >= 0.6 is 15.9 Å². The Kier molecular flexibility index (Phi) is 3.79. The first-order valence-electron chi connectivity index (χ1n) is 5.80. The first-order valence-corrected chi connectivity index (χ1v) is 6.59. The smallest absolute Gasteiger partial charge is 0.231 e. The molecule has 2 rings (SSSR count). The van der Waals surface area contributed by atoms with Crippen molar-refractivity contribution in [3.05, 3.63) is 22.9 Å². The maximum atomic E-state index is 12.3. The summed E-state index contributed by atoms with van der Waals surface area (Å²) in [4.78, 5) is 16.4. The van der Waals surface area contributed by atoms with Gasteiger partial charge >= 0.3 is 0 Å². The van der Waals surface area contributed by atoms with Crippen LogP contribution < -0.4 is 10.6 Å². The van der Waals surface area contributed by atoms with Crippen LogP contribution in [0.25, 0.3) is 0 Å². The van der Waals surface area contributed by atoms with Gasteiger partial charge in [-0.3, -0.25) is 4.79 Å². The maximum absolute atomic E-state index is 12.3. The van der Waals surface area contributed by atoms with Crippen LogP contribution in [0.1, 0.15) is 19.8 Å². The van der Waals surface area contributed by atoms with Crippen molar-refractivity contribution in [3.63, 3.8) is 0 Å². The highest BCUT2D eigenvalue weighted by Crippen LogP contribution is 2.30. The Morgan fingerprint density at radius 3 is 3.00 bits per heavy atom. The van der Waals surface area contributed by atoms with Crippen molar-refractivity contribution in [2.24, 2.45) is 5.41 Å². The molecule has 0 bridgehead atoms. The highest BCUT2D eigenvalue weighted by molar-refractivity contribution is 9.10. The summed E-state index contributed by atoms with van der Waals surface area (Å²) in [5, 5.41) is 6.20. The molecule has 1 unspecified atom stereocenters. The second kappa shape index (κ2) is 5.14. The Balaban J connectivity index is 2.08. The van der Waals surface area contributed by atoms with E-state index in [9.17, 15) is 4.79 Å². The number of anilines is 1. The molecular formula is C12H16BrN3O. The van der Waals surface area contributed by atoms with Gasteiger partial charge in [0, 0.05) is 6.54 Å². The van der Waals surface area contributed by atoms with E-state index < -0.39 is 0 Å². The van der Waals surface area contributed by atoms with E-state index in [1.807, 2.05) is 12.1 Å². The van der Waals surface area contributed by atoms with E-state index >= 15 is 0 Å². The van der Waals surface area contributed by atoms with Crippen molar-refractivity contribution in [2.75, 3.05) is 18.4 Å². The maximum Gasteiger partial charge on any atom is 0.231 e. The zero-order valence-corrected chi connectivity index (χ0v) is 11.4. The number of hydrogen-bond acceptors (Lipinski definition) is 3. The zero-order valence-electron chi connectivity index (χ0n) is 9.79. The first kappa shape index (κ1) is 12.5. The van der Waals surface area contributed by atoms with Crippen LogP contribution in [0.2, 0.25) is 0 Å². The number of nitrogens with one attached hydrogen (secondary N) is 2. The molecule has 0 spiro atoms. The molecule has 4 nitrogen and oxygen atoms in total. The van der Waals surface area contributed by atoms with Crippen LogP contribution in [-0.4, -0.2) is 24.0 Å². The SMILES string of the molecule is CCC1(C(=O)Nc2ccc(Br)nc2)CCNC1. The summed E-state index contributed by atoms with van der Waals surface area (Å²) in [6.45, 7) is 3.74. The van der Waals surface area contributed by atoms with Crippen LogP contribution in [0, 0.1) is 5.41 Å². The Bertz CT molecular complexity index is 399. The second-order valence-electron chi connectivity index (χ2n) is 4.38. The number of aromatic nitrogens is 1. The number of hydrogen-bond donors (Lipinski definition) is 2. The van der Waals surface area contributed by atoms with Crippen LogP contribution in [0.3, 0.4) is 0 Å². The van der Waals surface area contributed by atoms with Gasteiger partial charge in [0.2, 0.25) is 5.91 Å². The number of carbonyl (C=O) groups excluding carboxylic acids is 1. The molecule has 1 aromatic rings. The van der Waals surface area contributed by atoms with Crippen molar-refractivity contribution in [3.8, 4) is 0 Å². The molecule has 1 fully saturated rings. The van der Waals surface area contributed by atoms with E-state index in [-0.39, 0.29) is 11.3 Å². The topological polar surface area (TPSA) is 54.0 Å². The fourth-order valence-electron chi connectivity index (χ4n) is 2.11. The predicted octanol–water partition coefficient (Wildman–Crippen LogP) is 2.17. The van der Waals surface area contributed by atoms with E-state index in [1.54, 1.807) is 6.20 Å². The lowest BCUT2D eigenvalue weighted by Crippen LogP contribution is -2.37. The van der Waals surface area contributed by atoms with Gasteiger partial charge in [-0.05, 0) is 47.4 Å². The molecule has 1 atom stereocenters. The number of pyridine rings is 1. The summed E-state index contributed by atoms with van der Waals surface area (Å²) < 4.78 is 0.767. The Morgan fingerprint density at radius 2 is 2.47 bits per heavy atom. The van der Waals surface area contributed by atoms with Crippen molar-refractivity contribution in [2.45, 2.75) is 19.8 Å². The van der Waals surface area contributed by atoms with Gasteiger partial charge in [-0.15, -0.1) is 0 Å². The standard InChI is InChI=1S/C12H16BrN3O/c1-2-12(5-6-14-8-12)11(17)16-9-3-4-10(13)15-7-9/h3-4,7,14H,2,5-6,8H2,1H3,(H,16,17). The van der Waals surface area contributed by atoms with Crippen molar-refractivity contribution < 1.29 is 4.79 Å². The van der Waals surface area contributed by atoms with Gasteiger partial charge in [-0.1, -0.05) is 6.92 Å². The summed E-state index contributed by atoms with van der Waals surface area (Å²) in [5.74, 6) is 0.0918. The largest absolute Gasteiger partial charge is 0.324 e. The zero-order chi connectivity index (χ0) is 12.3. The summed E-state index contributed by atoms with van der Waals surface area (Å²) in [6, 6.07) is 3.67. The molecule has 1 aliphatic heterocycles. The van der Waals surface area contributed by atoms with E-state index in [1.165, 1.54) is 0 Å². The molecule has 0 aliphatic carbocycles. The predicted molar refractivity (Wildman–Crippen MR) is 70.8 cm³/mol. The quantitative estimate of drug-likeness (QED) is 0.841. The minimum absolute atomic E-state index is 0.0918. The molecule has 92 valence electrons. The molecular weight excluding hydrogens is 282 g/mol. The second-order valence-corrected chi connectivity index (χ2v) is 5.20. The van der Waals surface area contributed by atoms with Gasteiger partial charge < -0.3 is 10.6 Å². The summed E-state index contributed by atoms with van der Waals surface area (Å²) >= 11 is 3.27. The van der Waals surface area contributed by atoms with Crippen molar-refractivity contribution in [1.29, 1.82) is 0 Å². The molecule has 1 aliphatic rings. The third kappa shape index (κ3) is 2.66. The summed E-state index contributed by atoms with van der Waals surface area (Å²) in [6.07, 6.45) is 3.42. The lowest BCUT2D eigenvalue weighted by Gasteiger charge is -2.25. The highest BCUT2D eigenvalue weighted by atomic mass is 79.9. The number of nitrogens with zero attached hydrogens (tertiary/aromatic N) is 1. The summed E-state index contributed by atoms with van der Waals surface area (Å²) in [7, 11) is 0. The van der Waals surface area contributed by atoms with E-state index in [2.05, 4.69) is 38.5 Å². The van der Waals surface area contributed by atoms with E-state index in [4.69, 9.17) is 0 Å². The van der Waals surface area contributed by atoms with Crippen LogP contribution in [0.5, 0.6) is 0 Å². The number of rotatable bonds is 3.